The molecule has 604 valence electrons. The standard InChI is InChI=1S/C17H14Cl2NO5PS2.C11H11ClNO5PS2.C7H12NO3PS2.C6H5ClO.C5H8NO5PS2.C4H3ClO2S2.C4H5NO2S2.CH4.2H3N.H2O.4H2/c18-13-4-1-6-15(10-13)24-26(21,25-16-7-2-5-14(19)11-16)12-20-28(22,23)17-8-3-9-27-17;12-9-3-1-4-10(7-9)18-19(14,15)8-13-21(16,17)11-5-2-6-20-11;1-12(2,9)6-8-14(10,11)7-4-3-5-13-7;7-5-2-1-3-6(8)4-5;7-12(8,9)4-6-14(10,11)5-2-1-3-13-5;2*5-9(6,7)4-2-1-3-8-4;;;;;;;;/h1-11,20H,12H2;1-7,13H,8H2,(H,14,15);3-5,8H,6H2,1-2H3;1-4,8H;1-3,6H,4H2,(H2,7,8,9);1-3H;1-3H,(H2,5,6,7);1H4;2*1H3;1H2;4*1H. The molecule has 0 aliphatic rings. The molecule has 6 aromatic heterocycles. The lowest BCUT2D eigenvalue weighted by Crippen LogP contribution is -2.28. The highest BCUT2D eigenvalue weighted by molar-refractivity contribution is 8.15. The number of nitrogens with one attached hydrogen (secondary N) is 4. The van der Waals surface area contributed by atoms with E-state index in [1.807, 2.05) is 9.44 Å². The Labute approximate surface area is 673 Å². The van der Waals surface area contributed by atoms with Gasteiger partial charge in [0.25, 0.3) is 39.1 Å². The summed E-state index contributed by atoms with van der Waals surface area (Å²) in [4.78, 5) is 28.7. The molecule has 0 fully saturated rings. The number of rotatable bonds is 24. The molecule has 10 rings (SSSR count). The normalized spacial score (nSPS) is 12.0. The fourth-order valence-corrected chi connectivity index (χ4v) is 24.3. The van der Waals surface area contributed by atoms with Crippen LogP contribution in [-0.2, 0) is 77.4 Å². The Morgan fingerprint density at radius 2 is 0.720 bits per heavy atom. The summed E-state index contributed by atoms with van der Waals surface area (Å²) >= 11 is 29.4. The number of thiophene rings is 6. The molecule has 1 atom stereocenters. The lowest BCUT2D eigenvalue weighted by molar-refractivity contribution is -0.191. The highest BCUT2D eigenvalue weighted by Gasteiger charge is 2.32. The number of primary sulfonamides is 1. The van der Waals surface area contributed by atoms with Crippen LogP contribution in [0.5, 0.6) is 23.0 Å². The molecule has 31 nitrogen and oxygen atoms in total. The predicted octanol–water partition coefficient (Wildman–Crippen LogP) is 15.1. The molecule has 0 spiro atoms. The highest BCUT2D eigenvalue weighted by Crippen LogP contribution is 2.49. The number of hydrogen-bond acceptors (Lipinski definition) is 28. The molecule has 52 heteroatoms. The zero-order valence-electron chi connectivity index (χ0n) is 54.3. The van der Waals surface area contributed by atoms with Gasteiger partial charge in [0.05, 0.1) is 19.7 Å². The van der Waals surface area contributed by atoms with E-state index in [4.69, 9.17) is 90.7 Å². The summed E-state index contributed by atoms with van der Waals surface area (Å²) in [5, 5.41) is 24.9. The summed E-state index contributed by atoms with van der Waals surface area (Å²) in [6.45, 7) is 3.09. The first-order valence-corrected chi connectivity index (χ1v) is 51.7. The number of aromatic hydroxyl groups is 1. The van der Waals surface area contributed by atoms with Crippen molar-refractivity contribution >= 4 is 214 Å². The van der Waals surface area contributed by atoms with E-state index in [9.17, 15) is 73.7 Å². The molecule has 0 saturated carbocycles. The van der Waals surface area contributed by atoms with Crippen molar-refractivity contribution in [3.05, 3.63) is 222 Å². The van der Waals surface area contributed by atoms with Gasteiger partial charge in [0.15, 0.2) is 7.60 Å². The van der Waals surface area contributed by atoms with Crippen molar-refractivity contribution in [2.45, 2.75) is 32.7 Å². The summed E-state index contributed by atoms with van der Waals surface area (Å²) in [6, 6.07) is 43.0. The molecular weight excluding hydrogens is 1830 g/mol. The van der Waals surface area contributed by atoms with Gasteiger partial charge in [-0.05, 0) is 155 Å². The van der Waals surface area contributed by atoms with Gasteiger partial charge in [0.1, 0.15) is 60.8 Å². The molecule has 6 heterocycles. The Bertz CT molecular complexity index is 5030. The van der Waals surface area contributed by atoms with Crippen LogP contribution in [-0.4, -0.2) is 109 Å². The maximum atomic E-state index is 13.3. The Kier molecular flexibility index (Phi) is 45.0. The van der Waals surface area contributed by atoms with Gasteiger partial charge in [-0.15, -0.1) is 68.0 Å². The molecule has 1 unspecified atom stereocenters. The van der Waals surface area contributed by atoms with E-state index >= 15 is 0 Å². The average molecular weight is 1910 g/mol. The predicted molar refractivity (Wildman–Crippen MR) is 437 cm³/mol. The summed E-state index contributed by atoms with van der Waals surface area (Å²) in [5.74, 6) is 0.579. The van der Waals surface area contributed by atoms with Crippen molar-refractivity contribution in [2.75, 3.05) is 38.5 Å². The van der Waals surface area contributed by atoms with Crippen LogP contribution in [0.1, 0.15) is 13.1 Å². The lowest BCUT2D eigenvalue weighted by atomic mass is 10.3. The second kappa shape index (κ2) is 46.8. The Balaban J connectivity index is -0.000000406. The van der Waals surface area contributed by atoms with Gasteiger partial charge in [-0.25, -0.2) is 69.7 Å². The van der Waals surface area contributed by atoms with Crippen LogP contribution >= 0.6 is 155 Å². The number of sulfonamides is 5. The number of halogens is 5. The second-order valence-corrected chi connectivity index (χ2v) is 48.1. The zero-order valence-corrected chi connectivity index (χ0v) is 71.5. The SMILES string of the molecule is C.CP(C)(=O)CNS(=O)(=O)c1cccs1.N.NS(=O)(=O)c1cccs1.O.O=P(CNS(=O)(=O)c1cccs1)(Oc1cccc(Cl)c1)Oc1cccc(Cl)c1.O=P(O)(O)CNS(=O)(=O)c1cccs1.O=P([O-])(CNS(=O)(=O)c1cccs1)Oc1cccc(Cl)c1.O=S(=O)(Cl)c1cccs1.Oc1cccc(Cl)c1.[HH].[HH].[HH].[HH].[NH4+]. The van der Waals surface area contributed by atoms with E-state index in [2.05, 4.69) is 9.44 Å². The van der Waals surface area contributed by atoms with E-state index < -0.39 is 108 Å². The van der Waals surface area contributed by atoms with Gasteiger partial charge in [0.2, 0.25) is 20.0 Å². The van der Waals surface area contributed by atoms with Crippen LogP contribution < -0.4 is 54.8 Å². The first kappa shape index (κ1) is 103. The second-order valence-electron chi connectivity index (χ2n) is 19.4. The van der Waals surface area contributed by atoms with Gasteiger partial charge in [-0.3, -0.25) is 9.13 Å². The van der Waals surface area contributed by atoms with Crippen LogP contribution in [0.15, 0.2) is 227 Å². The van der Waals surface area contributed by atoms with Crippen molar-refractivity contribution in [1.29, 1.82) is 0 Å². The van der Waals surface area contributed by atoms with Crippen LogP contribution in [0.3, 0.4) is 0 Å². The molecule has 0 saturated heterocycles. The smallest absolute Gasteiger partial charge is 0.445 e. The fourth-order valence-electron chi connectivity index (χ4n) is 6.16. The number of phenolic OH excluding ortho intramolecular Hbond substituents is 1. The summed E-state index contributed by atoms with van der Waals surface area (Å²) in [7, 11) is -32.0. The zero-order chi connectivity index (χ0) is 77.1. The maximum Gasteiger partial charge on any atom is 0.445 e. The van der Waals surface area contributed by atoms with E-state index in [0.29, 0.717) is 20.1 Å². The van der Waals surface area contributed by atoms with Crippen LogP contribution in [0.4, 0.5) is 0 Å². The molecule has 0 amide bonds. The fraction of sp³-hybridized carbons (Fsp3) is 0.127. The number of hydrogen-bond donors (Lipinski definition) is 10. The largest absolute Gasteiger partial charge is 0.768 e. The van der Waals surface area contributed by atoms with Gasteiger partial charge in [-0.2, -0.15) is 9.44 Å². The number of quaternary nitrogens is 1. The maximum absolute atomic E-state index is 13.3. The van der Waals surface area contributed by atoms with Gasteiger partial charge < -0.3 is 55.7 Å². The summed E-state index contributed by atoms with van der Waals surface area (Å²) < 4.78 is 208. The number of phenols is 1. The van der Waals surface area contributed by atoms with Crippen molar-refractivity contribution < 1.29 is 113 Å². The van der Waals surface area contributed by atoms with Gasteiger partial charge in [-0.1, -0.05) is 114 Å². The average Bonchev–Trinajstić information content (AvgIpc) is 1.42. The highest BCUT2D eigenvalue weighted by atomic mass is 35.7. The van der Waals surface area contributed by atoms with Crippen LogP contribution in [0, 0.1) is 0 Å². The lowest BCUT2D eigenvalue weighted by Gasteiger charge is -2.24. The summed E-state index contributed by atoms with van der Waals surface area (Å²) in [6.07, 6.45) is -2.31. The third kappa shape index (κ3) is 41.3. The van der Waals surface area contributed by atoms with Crippen LogP contribution in [0.25, 0.3) is 0 Å². The quantitative estimate of drug-likeness (QED) is 0.0198. The van der Waals surface area contributed by atoms with Gasteiger partial charge >= 0.3 is 15.2 Å². The summed E-state index contributed by atoms with van der Waals surface area (Å²) in [5.41, 5.74) is 0. The van der Waals surface area contributed by atoms with E-state index in [1.54, 1.807) is 124 Å². The third-order valence-corrected chi connectivity index (χ3v) is 32.9. The minimum atomic E-state index is -4.43. The Morgan fingerprint density at radius 1 is 0.439 bits per heavy atom. The molecule has 0 radical (unpaired) electrons. The number of benzene rings is 4. The monoisotopic (exact) mass is 1900 g/mol. The first-order valence-electron chi connectivity index (χ1n) is 27.1. The topological polar surface area (TPSA) is 562 Å². The number of nitrogens with two attached hydrogens (primary N) is 1. The minimum Gasteiger partial charge on any atom is -0.768 e. The Morgan fingerprint density at radius 3 is 0.963 bits per heavy atom. The molecule has 18 N–H and O–H groups in total. The molecule has 0 aliphatic heterocycles. The van der Waals surface area contributed by atoms with Crippen LogP contribution in [0.2, 0.25) is 20.1 Å². The first-order chi connectivity index (χ1) is 47.7. The molecule has 107 heavy (non-hydrogen) atoms. The van der Waals surface area contributed by atoms with Gasteiger partial charge in [0, 0.05) is 36.5 Å². The van der Waals surface area contributed by atoms with Crippen molar-refractivity contribution in [2.24, 2.45) is 5.14 Å². The minimum absolute atomic E-state index is 0. The van der Waals surface area contributed by atoms with E-state index in [-0.39, 0.29) is 85.4 Å². The molecule has 0 aliphatic carbocycles. The van der Waals surface area contributed by atoms with E-state index in [0.717, 1.165) is 68.0 Å². The third-order valence-electron chi connectivity index (χ3n) is 10.5. The Hall–Kier alpha value is -4.09. The molecule has 0 bridgehead atoms. The molecular formula is C55H78Cl5N7O24P4S12. The van der Waals surface area contributed by atoms with Crippen molar-refractivity contribution in [3.8, 4) is 23.0 Å². The molecule has 4 aromatic carbocycles. The van der Waals surface area contributed by atoms with Crippen molar-refractivity contribution in [1.82, 2.24) is 31.2 Å². The molecule has 10 aromatic rings. The van der Waals surface area contributed by atoms with Crippen molar-refractivity contribution in [3.63, 3.8) is 0 Å². The van der Waals surface area contributed by atoms with E-state index in [1.165, 1.54) is 91.0 Å².